The highest BCUT2D eigenvalue weighted by Crippen LogP contribution is 2.26. The maximum absolute atomic E-state index is 13.2. The molecule has 0 saturated heterocycles. The molecule has 0 atom stereocenters. The van der Waals surface area contributed by atoms with Crippen LogP contribution >= 0.6 is 11.6 Å². The van der Waals surface area contributed by atoms with Crippen LogP contribution in [0.1, 0.15) is 0 Å². The van der Waals surface area contributed by atoms with Gasteiger partial charge in [-0.2, -0.15) is 0 Å². The Hall–Kier alpha value is -1.68. The van der Waals surface area contributed by atoms with Crippen molar-refractivity contribution in [3.63, 3.8) is 0 Å². The molecule has 1 aromatic carbocycles. The molecule has 2 nitrogen and oxygen atoms in total. The molecule has 0 aliphatic carbocycles. The lowest BCUT2D eigenvalue weighted by atomic mass is 10.1. The first-order valence-corrected chi connectivity index (χ1v) is 5.65. The fraction of sp³-hybridized carbons (Fsp3) is 0.154. The van der Waals surface area contributed by atoms with Gasteiger partial charge in [-0.3, -0.25) is 0 Å². The van der Waals surface area contributed by atoms with E-state index in [4.69, 9.17) is 11.6 Å². The van der Waals surface area contributed by atoms with Crippen molar-refractivity contribution in [1.29, 1.82) is 0 Å². The average Bonchev–Trinajstić information content (AvgIpc) is 2.31. The molecule has 2 rings (SSSR count). The van der Waals surface area contributed by atoms with Crippen molar-refractivity contribution in [3.05, 3.63) is 47.1 Å². The summed E-state index contributed by atoms with van der Waals surface area (Å²) < 4.78 is 26.1. The van der Waals surface area contributed by atoms with Crippen LogP contribution < -0.4 is 4.90 Å². The number of nitrogens with zero attached hydrogens (tertiary/aromatic N) is 2. The maximum atomic E-state index is 13.2. The van der Waals surface area contributed by atoms with E-state index in [9.17, 15) is 8.78 Å². The summed E-state index contributed by atoms with van der Waals surface area (Å²) >= 11 is 5.91. The van der Waals surface area contributed by atoms with Gasteiger partial charge in [-0.15, -0.1) is 0 Å². The third-order valence-electron chi connectivity index (χ3n) is 2.49. The Balaban J connectivity index is 2.53. The van der Waals surface area contributed by atoms with Gasteiger partial charge in [0.05, 0.1) is 0 Å². The molecule has 0 radical (unpaired) electrons. The number of aromatic nitrogens is 1. The zero-order valence-corrected chi connectivity index (χ0v) is 10.7. The van der Waals surface area contributed by atoms with Gasteiger partial charge in [0.2, 0.25) is 0 Å². The number of pyridine rings is 1. The summed E-state index contributed by atoms with van der Waals surface area (Å²) in [7, 11) is 3.65. The van der Waals surface area contributed by atoms with Gasteiger partial charge in [0.1, 0.15) is 11.0 Å². The standard InChI is InChI=1S/C13H11ClF2N2/c1-18(2)13-7-9(6-12(14)17-13)8-3-4-10(15)11(16)5-8/h3-7H,1-2H3. The zero-order valence-electron chi connectivity index (χ0n) is 9.92. The minimum absolute atomic E-state index is 0.306. The molecule has 94 valence electrons. The number of benzene rings is 1. The minimum atomic E-state index is -0.883. The van der Waals surface area contributed by atoms with E-state index < -0.39 is 11.6 Å². The van der Waals surface area contributed by atoms with Crippen molar-refractivity contribution in [2.75, 3.05) is 19.0 Å². The molecule has 1 heterocycles. The van der Waals surface area contributed by atoms with Crippen LogP contribution in [0, 0.1) is 11.6 Å². The molecule has 0 amide bonds. The quantitative estimate of drug-likeness (QED) is 0.771. The second kappa shape index (κ2) is 4.90. The number of rotatable bonds is 2. The van der Waals surface area contributed by atoms with Crippen LogP contribution in [0.2, 0.25) is 5.15 Å². The summed E-state index contributed by atoms with van der Waals surface area (Å²) in [6.45, 7) is 0. The van der Waals surface area contributed by atoms with Crippen molar-refractivity contribution >= 4 is 17.4 Å². The molecule has 0 aliphatic rings. The molecule has 1 aromatic heterocycles. The largest absolute Gasteiger partial charge is 0.363 e. The predicted molar refractivity (Wildman–Crippen MR) is 68.9 cm³/mol. The molecule has 2 aromatic rings. The summed E-state index contributed by atoms with van der Waals surface area (Å²) in [5.41, 5.74) is 1.25. The lowest BCUT2D eigenvalue weighted by molar-refractivity contribution is 0.509. The molecular formula is C13H11ClF2N2. The number of hydrogen-bond donors (Lipinski definition) is 0. The molecule has 0 unspecified atom stereocenters. The Bertz CT molecular complexity index is 585. The van der Waals surface area contributed by atoms with E-state index in [0.717, 1.165) is 12.1 Å². The lowest BCUT2D eigenvalue weighted by Gasteiger charge is -2.13. The van der Waals surface area contributed by atoms with Gasteiger partial charge < -0.3 is 4.90 Å². The molecule has 18 heavy (non-hydrogen) atoms. The van der Waals surface area contributed by atoms with E-state index >= 15 is 0 Å². The predicted octanol–water partition coefficient (Wildman–Crippen LogP) is 3.75. The summed E-state index contributed by atoms with van der Waals surface area (Å²) in [4.78, 5) is 5.91. The minimum Gasteiger partial charge on any atom is -0.363 e. The normalized spacial score (nSPS) is 10.5. The fourth-order valence-electron chi connectivity index (χ4n) is 1.55. The van der Waals surface area contributed by atoms with Crippen LogP contribution in [0.25, 0.3) is 11.1 Å². The Labute approximate surface area is 109 Å². The number of anilines is 1. The van der Waals surface area contributed by atoms with Gasteiger partial charge in [-0.05, 0) is 35.4 Å². The fourth-order valence-corrected chi connectivity index (χ4v) is 1.76. The Morgan fingerprint density at radius 1 is 1.00 bits per heavy atom. The molecular weight excluding hydrogens is 258 g/mol. The highest BCUT2D eigenvalue weighted by molar-refractivity contribution is 6.29. The Kier molecular flexibility index (Phi) is 3.48. The average molecular weight is 269 g/mol. The number of hydrogen-bond acceptors (Lipinski definition) is 2. The molecule has 0 fully saturated rings. The lowest BCUT2D eigenvalue weighted by Crippen LogP contribution is -2.10. The summed E-state index contributed by atoms with van der Waals surface area (Å²) in [6, 6.07) is 7.11. The Morgan fingerprint density at radius 2 is 1.72 bits per heavy atom. The van der Waals surface area contributed by atoms with Crippen molar-refractivity contribution in [2.45, 2.75) is 0 Å². The van der Waals surface area contributed by atoms with Crippen molar-refractivity contribution in [2.24, 2.45) is 0 Å². The first kappa shape index (κ1) is 12.8. The van der Waals surface area contributed by atoms with Gasteiger partial charge in [0.15, 0.2) is 11.6 Å². The smallest absolute Gasteiger partial charge is 0.159 e. The van der Waals surface area contributed by atoms with E-state index in [1.54, 1.807) is 17.0 Å². The van der Waals surface area contributed by atoms with E-state index in [0.29, 0.717) is 22.1 Å². The van der Waals surface area contributed by atoms with Crippen molar-refractivity contribution in [1.82, 2.24) is 4.98 Å². The summed E-state index contributed by atoms with van der Waals surface area (Å²) in [5.74, 6) is -1.10. The van der Waals surface area contributed by atoms with Gasteiger partial charge in [0, 0.05) is 14.1 Å². The van der Waals surface area contributed by atoms with Crippen LogP contribution in [-0.2, 0) is 0 Å². The highest BCUT2D eigenvalue weighted by Gasteiger charge is 2.08. The SMILES string of the molecule is CN(C)c1cc(-c2ccc(F)c(F)c2)cc(Cl)n1. The number of halogens is 3. The topological polar surface area (TPSA) is 16.1 Å². The molecule has 0 saturated carbocycles. The highest BCUT2D eigenvalue weighted by atomic mass is 35.5. The summed E-state index contributed by atoms with van der Waals surface area (Å²) in [6.07, 6.45) is 0. The first-order valence-electron chi connectivity index (χ1n) is 5.27. The van der Waals surface area contributed by atoms with Gasteiger partial charge in [-0.1, -0.05) is 17.7 Å². The summed E-state index contributed by atoms with van der Waals surface area (Å²) in [5, 5.41) is 0.306. The second-order valence-electron chi connectivity index (χ2n) is 4.06. The van der Waals surface area contributed by atoms with Crippen LogP contribution in [0.5, 0.6) is 0 Å². The van der Waals surface area contributed by atoms with Crippen LogP contribution in [0.3, 0.4) is 0 Å². The molecule has 0 bridgehead atoms. The zero-order chi connectivity index (χ0) is 13.3. The molecule has 0 N–H and O–H groups in total. The van der Waals surface area contributed by atoms with E-state index in [-0.39, 0.29) is 0 Å². The maximum Gasteiger partial charge on any atom is 0.159 e. The van der Waals surface area contributed by atoms with E-state index in [1.807, 2.05) is 14.1 Å². The van der Waals surface area contributed by atoms with E-state index in [2.05, 4.69) is 4.98 Å². The third-order valence-corrected chi connectivity index (χ3v) is 2.69. The van der Waals surface area contributed by atoms with Gasteiger partial charge in [0.25, 0.3) is 0 Å². The van der Waals surface area contributed by atoms with Crippen LogP contribution in [0.4, 0.5) is 14.6 Å². The van der Waals surface area contributed by atoms with Crippen molar-refractivity contribution < 1.29 is 8.78 Å². The molecule has 0 spiro atoms. The molecule has 5 heteroatoms. The van der Waals surface area contributed by atoms with Crippen LogP contribution in [0.15, 0.2) is 30.3 Å². The van der Waals surface area contributed by atoms with Crippen molar-refractivity contribution in [3.8, 4) is 11.1 Å². The van der Waals surface area contributed by atoms with Gasteiger partial charge in [-0.25, -0.2) is 13.8 Å². The van der Waals surface area contributed by atoms with E-state index in [1.165, 1.54) is 6.07 Å². The third kappa shape index (κ3) is 2.59. The second-order valence-corrected chi connectivity index (χ2v) is 4.45. The van der Waals surface area contributed by atoms with Crippen LogP contribution in [-0.4, -0.2) is 19.1 Å². The first-order chi connectivity index (χ1) is 8.47. The molecule has 0 aliphatic heterocycles. The Morgan fingerprint density at radius 3 is 2.33 bits per heavy atom. The van der Waals surface area contributed by atoms with Gasteiger partial charge >= 0.3 is 0 Å². The monoisotopic (exact) mass is 268 g/mol.